The molecule has 0 unspecified atom stereocenters. The molecule has 0 N–H and O–H groups in total. The van der Waals surface area contributed by atoms with Gasteiger partial charge in [-0.05, 0) is 31.4 Å². The summed E-state index contributed by atoms with van der Waals surface area (Å²) in [6, 6.07) is 4.49. The van der Waals surface area contributed by atoms with E-state index < -0.39 is 0 Å². The Kier molecular flexibility index (Phi) is 4.70. The van der Waals surface area contributed by atoms with Crippen molar-refractivity contribution in [2.24, 2.45) is 0 Å². The fourth-order valence-corrected chi connectivity index (χ4v) is 3.70. The van der Waals surface area contributed by atoms with Crippen molar-refractivity contribution in [1.82, 2.24) is 24.0 Å². The lowest BCUT2D eigenvalue weighted by Gasteiger charge is -2.32. The van der Waals surface area contributed by atoms with Crippen molar-refractivity contribution >= 4 is 0 Å². The highest BCUT2D eigenvalue weighted by Gasteiger charge is 2.24. The van der Waals surface area contributed by atoms with Gasteiger partial charge in [-0.25, -0.2) is 9.97 Å². The number of hydrogen-bond acceptors (Lipinski definition) is 4. The van der Waals surface area contributed by atoms with Crippen molar-refractivity contribution in [2.75, 3.05) is 13.1 Å². The van der Waals surface area contributed by atoms with Gasteiger partial charge in [0.15, 0.2) is 11.6 Å². The van der Waals surface area contributed by atoms with E-state index >= 15 is 0 Å². The van der Waals surface area contributed by atoms with Crippen molar-refractivity contribution in [3.8, 4) is 11.6 Å². The zero-order chi connectivity index (χ0) is 17.1. The van der Waals surface area contributed by atoms with Gasteiger partial charge in [0.25, 0.3) is 0 Å². The van der Waals surface area contributed by atoms with Crippen LogP contribution in [0.1, 0.15) is 38.0 Å². The summed E-state index contributed by atoms with van der Waals surface area (Å²) in [5.74, 6) is 3.01. The van der Waals surface area contributed by atoms with Gasteiger partial charge in [-0.2, -0.15) is 0 Å². The Bertz CT molecular complexity index is 780. The van der Waals surface area contributed by atoms with E-state index in [0.717, 1.165) is 62.9 Å². The maximum Gasteiger partial charge on any atom is 0.176 e. The summed E-state index contributed by atoms with van der Waals surface area (Å²) in [5, 5.41) is 0. The van der Waals surface area contributed by atoms with Crippen LogP contribution in [0.5, 0.6) is 0 Å². The Hall–Kier alpha value is -2.34. The van der Waals surface area contributed by atoms with Crippen LogP contribution >= 0.6 is 0 Å². The number of hydrogen-bond donors (Lipinski definition) is 0. The molecule has 1 aliphatic heterocycles. The first-order chi connectivity index (χ1) is 12.3. The van der Waals surface area contributed by atoms with Crippen LogP contribution in [0.15, 0.2) is 47.6 Å². The lowest BCUT2D eigenvalue weighted by molar-refractivity contribution is 0.169. The average molecular weight is 339 g/mol. The fourth-order valence-electron chi connectivity index (χ4n) is 3.70. The molecule has 4 heterocycles. The number of nitrogens with zero attached hydrogens (tertiary/aromatic N) is 5. The van der Waals surface area contributed by atoms with Crippen molar-refractivity contribution < 1.29 is 4.42 Å². The highest BCUT2D eigenvalue weighted by Crippen LogP contribution is 2.28. The summed E-state index contributed by atoms with van der Waals surface area (Å²) >= 11 is 0. The van der Waals surface area contributed by atoms with Crippen LogP contribution < -0.4 is 0 Å². The Morgan fingerprint density at radius 3 is 2.68 bits per heavy atom. The Labute approximate surface area is 148 Å². The molecule has 4 rings (SSSR count). The molecular weight excluding hydrogens is 314 g/mol. The van der Waals surface area contributed by atoms with Gasteiger partial charge >= 0.3 is 0 Å². The van der Waals surface area contributed by atoms with Gasteiger partial charge in [-0.15, -0.1) is 0 Å². The quantitative estimate of drug-likeness (QED) is 0.689. The predicted molar refractivity (Wildman–Crippen MR) is 96.0 cm³/mol. The van der Waals surface area contributed by atoms with Gasteiger partial charge in [0.2, 0.25) is 0 Å². The molecule has 0 saturated carbocycles. The molecule has 132 valence electrons. The molecular formula is C19H25N5O. The summed E-state index contributed by atoms with van der Waals surface area (Å²) in [6.07, 6.45) is 13.0. The van der Waals surface area contributed by atoms with Gasteiger partial charge in [-0.1, -0.05) is 6.92 Å². The highest BCUT2D eigenvalue weighted by atomic mass is 16.3. The first kappa shape index (κ1) is 16.1. The zero-order valence-electron chi connectivity index (χ0n) is 14.7. The summed E-state index contributed by atoms with van der Waals surface area (Å²) in [4.78, 5) is 11.6. The number of likely N-dealkylation sites (tertiary alicyclic amines) is 1. The summed E-state index contributed by atoms with van der Waals surface area (Å²) in [6.45, 7) is 6.21. The van der Waals surface area contributed by atoms with E-state index in [1.807, 2.05) is 30.7 Å². The second kappa shape index (κ2) is 7.27. The molecule has 1 aliphatic rings. The topological polar surface area (TPSA) is 52.0 Å². The molecule has 3 aromatic heterocycles. The molecule has 0 amide bonds. The van der Waals surface area contributed by atoms with Crippen LogP contribution in [0.2, 0.25) is 0 Å². The van der Waals surface area contributed by atoms with Gasteiger partial charge < -0.3 is 13.6 Å². The number of furan rings is 1. The van der Waals surface area contributed by atoms with Gasteiger partial charge in [-0.3, -0.25) is 4.90 Å². The van der Waals surface area contributed by atoms with E-state index in [4.69, 9.17) is 4.42 Å². The maximum atomic E-state index is 5.47. The molecule has 0 spiro atoms. The van der Waals surface area contributed by atoms with Crippen LogP contribution in [0.3, 0.4) is 0 Å². The number of rotatable bonds is 6. The average Bonchev–Trinajstić information content (AvgIpc) is 3.37. The van der Waals surface area contributed by atoms with E-state index in [9.17, 15) is 0 Å². The molecule has 3 aromatic rings. The minimum Gasteiger partial charge on any atom is -0.468 e. The lowest BCUT2D eigenvalue weighted by Crippen LogP contribution is -2.34. The molecule has 1 fully saturated rings. The molecule has 0 bridgehead atoms. The molecule has 0 aromatic carbocycles. The molecule has 25 heavy (non-hydrogen) atoms. The minimum absolute atomic E-state index is 0.483. The van der Waals surface area contributed by atoms with Crippen molar-refractivity contribution in [2.45, 2.75) is 45.3 Å². The molecule has 0 radical (unpaired) electrons. The van der Waals surface area contributed by atoms with Gasteiger partial charge in [0.1, 0.15) is 5.76 Å². The third kappa shape index (κ3) is 3.39. The normalized spacial score (nSPS) is 16.5. The number of aromatic nitrogens is 4. The summed E-state index contributed by atoms with van der Waals surface area (Å²) < 4.78 is 9.99. The molecule has 6 nitrogen and oxygen atoms in total. The third-order valence-electron chi connectivity index (χ3n) is 4.96. The summed E-state index contributed by atoms with van der Waals surface area (Å²) in [7, 11) is 0. The Morgan fingerprint density at radius 2 is 1.92 bits per heavy atom. The monoisotopic (exact) mass is 339 g/mol. The van der Waals surface area contributed by atoms with Gasteiger partial charge in [0.05, 0.1) is 12.8 Å². The van der Waals surface area contributed by atoms with E-state index in [1.165, 1.54) is 0 Å². The van der Waals surface area contributed by atoms with Crippen molar-refractivity contribution in [1.29, 1.82) is 0 Å². The Balaban J connectivity index is 1.45. The van der Waals surface area contributed by atoms with Crippen LogP contribution in [-0.4, -0.2) is 37.1 Å². The lowest BCUT2D eigenvalue weighted by atomic mass is 10.0. The predicted octanol–water partition coefficient (Wildman–Crippen LogP) is 3.59. The number of imidazole rings is 2. The van der Waals surface area contributed by atoms with Gasteiger partial charge in [0, 0.05) is 50.5 Å². The largest absolute Gasteiger partial charge is 0.468 e. The zero-order valence-corrected chi connectivity index (χ0v) is 14.7. The molecule has 6 heteroatoms. The second-order valence-electron chi connectivity index (χ2n) is 6.69. The smallest absolute Gasteiger partial charge is 0.176 e. The second-order valence-corrected chi connectivity index (χ2v) is 6.69. The highest BCUT2D eigenvalue weighted by molar-refractivity contribution is 5.45. The Morgan fingerprint density at radius 1 is 1.12 bits per heavy atom. The standard InChI is InChI=1S/C19H25N5O/c1-2-9-23-12-7-20-18(23)19-21-8-13-24(19)16-5-10-22(11-6-16)15-17-4-3-14-25-17/h3-4,7-8,12-14,16H,2,5-6,9-11,15H2,1H3. The summed E-state index contributed by atoms with van der Waals surface area (Å²) in [5.41, 5.74) is 0. The van der Waals surface area contributed by atoms with E-state index in [-0.39, 0.29) is 0 Å². The minimum atomic E-state index is 0.483. The molecule has 0 aliphatic carbocycles. The van der Waals surface area contributed by atoms with E-state index in [2.05, 4.69) is 37.1 Å². The third-order valence-corrected chi connectivity index (χ3v) is 4.96. The van der Waals surface area contributed by atoms with Crippen molar-refractivity contribution in [3.63, 3.8) is 0 Å². The fraction of sp³-hybridized carbons (Fsp3) is 0.474. The first-order valence-electron chi connectivity index (χ1n) is 9.14. The van der Waals surface area contributed by atoms with Crippen LogP contribution in [-0.2, 0) is 13.1 Å². The van der Waals surface area contributed by atoms with E-state index in [0.29, 0.717) is 6.04 Å². The number of piperidine rings is 1. The van der Waals surface area contributed by atoms with Crippen LogP contribution in [0.4, 0.5) is 0 Å². The first-order valence-corrected chi connectivity index (χ1v) is 9.14. The molecule has 1 saturated heterocycles. The number of aryl methyl sites for hydroxylation is 1. The van der Waals surface area contributed by atoms with Crippen LogP contribution in [0, 0.1) is 0 Å². The molecule has 0 atom stereocenters. The van der Waals surface area contributed by atoms with Crippen LogP contribution in [0.25, 0.3) is 11.6 Å². The SMILES string of the molecule is CCCn1ccnc1-c1nccn1C1CCN(Cc2ccco2)CC1. The van der Waals surface area contributed by atoms with Crippen molar-refractivity contribution in [3.05, 3.63) is 48.9 Å². The maximum absolute atomic E-state index is 5.47. The van der Waals surface area contributed by atoms with E-state index in [1.54, 1.807) is 6.26 Å².